The number of fused-ring (bicyclic) bond motifs is 1. The van der Waals surface area contributed by atoms with Gasteiger partial charge in [0.05, 0.1) is 13.0 Å². The largest absolute Gasteiger partial charge is 0.469 e. The number of rotatable bonds is 2. The van der Waals surface area contributed by atoms with E-state index in [2.05, 4.69) is 27.7 Å². The van der Waals surface area contributed by atoms with Crippen LogP contribution in [-0.2, 0) is 9.53 Å². The van der Waals surface area contributed by atoms with Crippen molar-refractivity contribution in [3.05, 3.63) is 0 Å². The molecule has 0 bridgehead atoms. The molecule has 0 saturated heterocycles. The minimum Gasteiger partial charge on any atom is -0.469 e. The van der Waals surface area contributed by atoms with Gasteiger partial charge in [-0.1, -0.05) is 27.7 Å². The van der Waals surface area contributed by atoms with Gasteiger partial charge in [0.15, 0.2) is 0 Å². The first-order valence-corrected chi connectivity index (χ1v) is 5.35. The SMILES string of the molecule is COC(=O)C1C2(C)CC12CC(C)(C)C. The van der Waals surface area contributed by atoms with E-state index in [9.17, 15) is 4.79 Å². The average molecular weight is 196 g/mol. The predicted octanol–water partition coefficient (Wildman–Crippen LogP) is 2.62. The van der Waals surface area contributed by atoms with E-state index in [-0.39, 0.29) is 17.3 Å². The molecule has 0 N–H and O–H groups in total. The summed E-state index contributed by atoms with van der Waals surface area (Å²) < 4.78 is 4.84. The van der Waals surface area contributed by atoms with Gasteiger partial charge < -0.3 is 4.74 Å². The van der Waals surface area contributed by atoms with Crippen molar-refractivity contribution in [2.24, 2.45) is 22.2 Å². The molecule has 0 aromatic carbocycles. The Morgan fingerprint density at radius 3 is 2.43 bits per heavy atom. The lowest BCUT2D eigenvalue weighted by molar-refractivity contribution is -0.145. The maximum atomic E-state index is 11.5. The lowest BCUT2D eigenvalue weighted by Gasteiger charge is -2.21. The second-order valence-electron chi connectivity index (χ2n) is 6.44. The van der Waals surface area contributed by atoms with Crippen LogP contribution in [0.4, 0.5) is 0 Å². The van der Waals surface area contributed by atoms with Gasteiger partial charge >= 0.3 is 5.97 Å². The van der Waals surface area contributed by atoms with Crippen molar-refractivity contribution in [3.63, 3.8) is 0 Å². The van der Waals surface area contributed by atoms with Gasteiger partial charge in [-0.25, -0.2) is 0 Å². The monoisotopic (exact) mass is 196 g/mol. The molecule has 0 heterocycles. The summed E-state index contributed by atoms with van der Waals surface area (Å²) in [4.78, 5) is 11.5. The summed E-state index contributed by atoms with van der Waals surface area (Å²) in [5.74, 6) is 0.197. The molecule has 0 aromatic heterocycles. The van der Waals surface area contributed by atoms with E-state index in [1.165, 1.54) is 13.5 Å². The highest BCUT2D eigenvalue weighted by molar-refractivity contribution is 5.82. The molecule has 2 aliphatic carbocycles. The fourth-order valence-corrected chi connectivity index (χ4v) is 3.44. The molecule has 0 spiro atoms. The van der Waals surface area contributed by atoms with Crippen LogP contribution in [0.15, 0.2) is 0 Å². The summed E-state index contributed by atoms with van der Waals surface area (Å²) in [5, 5.41) is 0. The zero-order valence-corrected chi connectivity index (χ0v) is 9.81. The molecule has 2 fully saturated rings. The Labute approximate surface area is 86.0 Å². The van der Waals surface area contributed by atoms with Crippen molar-refractivity contribution in [1.82, 2.24) is 0 Å². The van der Waals surface area contributed by atoms with E-state index in [1.54, 1.807) is 0 Å². The fourth-order valence-electron chi connectivity index (χ4n) is 3.44. The summed E-state index contributed by atoms with van der Waals surface area (Å²) in [6, 6.07) is 0. The van der Waals surface area contributed by atoms with Crippen molar-refractivity contribution < 1.29 is 9.53 Å². The highest BCUT2D eigenvalue weighted by atomic mass is 16.5. The number of ether oxygens (including phenoxy) is 1. The molecule has 0 amide bonds. The van der Waals surface area contributed by atoms with Crippen molar-refractivity contribution >= 4 is 5.97 Å². The molecule has 0 aliphatic heterocycles. The molecule has 2 nitrogen and oxygen atoms in total. The standard InChI is InChI=1S/C12H20O2/c1-10(2,3)6-12-7-11(12,4)8(12)9(13)14-5/h8H,6-7H2,1-5H3. The van der Waals surface area contributed by atoms with E-state index < -0.39 is 0 Å². The molecule has 0 aromatic rings. The highest BCUT2D eigenvalue weighted by Crippen LogP contribution is 2.92. The number of esters is 1. The Morgan fingerprint density at radius 1 is 1.50 bits per heavy atom. The van der Waals surface area contributed by atoms with Crippen molar-refractivity contribution in [2.75, 3.05) is 7.11 Å². The van der Waals surface area contributed by atoms with Crippen LogP contribution >= 0.6 is 0 Å². The maximum Gasteiger partial charge on any atom is 0.309 e. The third kappa shape index (κ3) is 1.06. The molecule has 3 unspecified atom stereocenters. The van der Waals surface area contributed by atoms with Crippen molar-refractivity contribution in [3.8, 4) is 0 Å². The maximum absolute atomic E-state index is 11.5. The molecular weight excluding hydrogens is 176 g/mol. The van der Waals surface area contributed by atoms with Crippen LogP contribution < -0.4 is 0 Å². The molecule has 2 aliphatic rings. The fraction of sp³-hybridized carbons (Fsp3) is 0.917. The summed E-state index contributed by atoms with van der Waals surface area (Å²) in [6.45, 7) is 8.95. The van der Waals surface area contributed by atoms with Gasteiger partial charge in [-0.2, -0.15) is 0 Å². The van der Waals surface area contributed by atoms with Gasteiger partial charge in [0.2, 0.25) is 0 Å². The third-order valence-corrected chi connectivity index (χ3v) is 4.08. The molecule has 2 heteroatoms. The topological polar surface area (TPSA) is 26.3 Å². The molecule has 14 heavy (non-hydrogen) atoms. The second-order valence-corrected chi connectivity index (χ2v) is 6.44. The van der Waals surface area contributed by atoms with Gasteiger partial charge in [0.25, 0.3) is 0 Å². The van der Waals surface area contributed by atoms with Gasteiger partial charge in [-0.05, 0) is 29.1 Å². The van der Waals surface area contributed by atoms with Crippen LogP contribution in [0.1, 0.15) is 40.5 Å². The Bertz CT molecular complexity index is 289. The highest BCUT2D eigenvalue weighted by Gasteiger charge is 2.90. The summed E-state index contributed by atoms with van der Waals surface area (Å²) in [7, 11) is 1.49. The summed E-state index contributed by atoms with van der Waals surface area (Å²) in [5.41, 5.74) is 0.909. The van der Waals surface area contributed by atoms with E-state index >= 15 is 0 Å². The first-order valence-electron chi connectivity index (χ1n) is 5.35. The average Bonchev–Trinajstić information content (AvgIpc) is 2.68. The van der Waals surface area contributed by atoms with Gasteiger partial charge in [-0.15, -0.1) is 0 Å². The van der Waals surface area contributed by atoms with Crippen molar-refractivity contribution in [2.45, 2.75) is 40.5 Å². The number of carbonyl (C=O) groups is 1. The first-order chi connectivity index (χ1) is 6.27. The first kappa shape index (κ1) is 10.0. The van der Waals surface area contributed by atoms with E-state index in [4.69, 9.17) is 4.74 Å². The molecule has 80 valence electrons. The normalized spacial score (nSPS) is 44.2. The Hall–Kier alpha value is -0.530. The third-order valence-electron chi connectivity index (χ3n) is 4.08. The molecule has 2 rings (SSSR count). The van der Waals surface area contributed by atoms with Crippen LogP contribution in [0.3, 0.4) is 0 Å². The van der Waals surface area contributed by atoms with Crippen LogP contribution in [0.2, 0.25) is 0 Å². The van der Waals surface area contributed by atoms with E-state index in [0.717, 1.165) is 6.42 Å². The molecule has 0 radical (unpaired) electrons. The van der Waals surface area contributed by atoms with Crippen molar-refractivity contribution in [1.29, 1.82) is 0 Å². The van der Waals surface area contributed by atoms with E-state index in [0.29, 0.717) is 10.8 Å². The van der Waals surface area contributed by atoms with Gasteiger partial charge in [0, 0.05) is 0 Å². The molecule has 3 atom stereocenters. The number of hydrogen-bond donors (Lipinski definition) is 0. The van der Waals surface area contributed by atoms with Crippen LogP contribution in [0.5, 0.6) is 0 Å². The zero-order valence-electron chi connectivity index (χ0n) is 9.81. The minimum atomic E-state index is 0.00278. The summed E-state index contributed by atoms with van der Waals surface area (Å²) in [6.07, 6.45) is 2.37. The van der Waals surface area contributed by atoms with Crippen LogP contribution in [0.25, 0.3) is 0 Å². The molecular formula is C12H20O2. The second kappa shape index (κ2) is 2.34. The number of hydrogen-bond acceptors (Lipinski definition) is 2. The predicted molar refractivity (Wildman–Crippen MR) is 54.7 cm³/mol. The van der Waals surface area contributed by atoms with E-state index in [1.807, 2.05) is 0 Å². The quantitative estimate of drug-likeness (QED) is 0.635. The van der Waals surface area contributed by atoms with Crippen LogP contribution in [0, 0.1) is 22.2 Å². The molecule has 2 saturated carbocycles. The Morgan fingerprint density at radius 2 is 2.07 bits per heavy atom. The summed E-state index contributed by atoms with van der Waals surface area (Å²) >= 11 is 0. The Kier molecular flexibility index (Phi) is 1.67. The number of methoxy groups -OCH3 is 1. The number of carbonyl (C=O) groups excluding carboxylic acids is 1. The minimum absolute atomic E-state index is 0.00278. The lowest BCUT2D eigenvalue weighted by atomic mass is 9.84. The van der Waals surface area contributed by atoms with Gasteiger partial charge in [0.1, 0.15) is 0 Å². The van der Waals surface area contributed by atoms with Crippen LogP contribution in [-0.4, -0.2) is 13.1 Å². The van der Waals surface area contributed by atoms with Gasteiger partial charge in [-0.3, -0.25) is 4.79 Å². The Balaban J connectivity index is 2.06. The smallest absolute Gasteiger partial charge is 0.309 e. The lowest BCUT2D eigenvalue weighted by Crippen LogP contribution is -2.18. The zero-order chi connectivity index (χ0) is 10.8.